The highest BCUT2D eigenvalue weighted by Crippen LogP contribution is 2.63. The molecule has 31 heavy (non-hydrogen) atoms. The van der Waals surface area contributed by atoms with E-state index in [4.69, 9.17) is 9.47 Å². The minimum atomic E-state index is -0.658. The average Bonchev–Trinajstić information content (AvgIpc) is 3.44. The Hall–Kier alpha value is -3.10. The first-order chi connectivity index (χ1) is 15.0. The quantitative estimate of drug-likeness (QED) is 0.704. The fraction of sp³-hybridized carbons (Fsp3) is 0.455. The van der Waals surface area contributed by atoms with Crippen LogP contribution in [0.5, 0.6) is 11.6 Å². The van der Waals surface area contributed by atoms with E-state index in [0.717, 1.165) is 18.9 Å². The highest BCUT2D eigenvalue weighted by atomic mass is 19.1. The number of aromatic nitrogens is 2. The van der Waals surface area contributed by atoms with Crippen molar-refractivity contribution in [3.8, 4) is 11.6 Å². The van der Waals surface area contributed by atoms with Crippen molar-refractivity contribution in [2.24, 2.45) is 22.4 Å². The van der Waals surface area contributed by atoms with Gasteiger partial charge in [-0.2, -0.15) is 10.2 Å². The van der Waals surface area contributed by atoms with E-state index in [2.05, 4.69) is 15.3 Å². The lowest BCUT2D eigenvalue weighted by molar-refractivity contribution is -0.148. The molecule has 3 aliphatic carbocycles. The van der Waals surface area contributed by atoms with Crippen molar-refractivity contribution in [1.29, 1.82) is 0 Å². The molecule has 1 aromatic carbocycles. The van der Waals surface area contributed by atoms with E-state index in [1.165, 1.54) is 23.3 Å². The number of nitrogens with zero attached hydrogens (tertiary/aromatic N) is 4. The molecule has 162 valence electrons. The lowest BCUT2D eigenvalue weighted by Gasteiger charge is -2.40. The molecule has 3 fully saturated rings. The normalized spacial score (nSPS) is 28.5. The molecular formula is C22H22F2N4O3. The van der Waals surface area contributed by atoms with Gasteiger partial charge in [0.25, 0.3) is 0 Å². The van der Waals surface area contributed by atoms with Gasteiger partial charge in [-0.25, -0.2) is 13.8 Å². The number of fused-ring (bicyclic) bond motifs is 1. The van der Waals surface area contributed by atoms with Gasteiger partial charge >= 0.3 is 0 Å². The molecule has 1 aromatic heterocycles. The van der Waals surface area contributed by atoms with Gasteiger partial charge in [0.15, 0.2) is 0 Å². The first-order valence-electron chi connectivity index (χ1n) is 10.3. The van der Waals surface area contributed by atoms with Gasteiger partial charge in [0.1, 0.15) is 17.4 Å². The highest BCUT2D eigenvalue weighted by molar-refractivity contribution is 5.86. The molecule has 0 spiro atoms. The largest absolute Gasteiger partial charge is 0.495 e. The van der Waals surface area contributed by atoms with E-state index >= 15 is 0 Å². The third-order valence-electron chi connectivity index (χ3n) is 6.67. The Kier molecular flexibility index (Phi) is 4.83. The molecule has 2 unspecified atom stereocenters. The lowest BCUT2D eigenvalue weighted by Crippen LogP contribution is -2.45. The number of halogens is 2. The van der Waals surface area contributed by atoms with Gasteiger partial charge in [0.05, 0.1) is 31.4 Å². The van der Waals surface area contributed by atoms with Crippen LogP contribution in [0.2, 0.25) is 0 Å². The summed E-state index contributed by atoms with van der Waals surface area (Å²) in [6, 6.07) is 4.56. The molecule has 2 aromatic rings. The van der Waals surface area contributed by atoms with Crippen molar-refractivity contribution in [2.45, 2.75) is 31.7 Å². The molecule has 6 rings (SSSR count). The molecule has 0 N–H and O–H groups in total. The van der Waals surface area contributed by atoms with Crippen LogP contribution < -0.4 is 9.47 Å². The molecule has 7 nitrogen and oxygen atoms in total. The predicted molar refractivity (Wildman–Crippen MR) is 106 cm³/mol. The topological polar surface area (TPSA) is 76.9 Å². The highest BCUT2D eigenvalue weighted by Gasteiger charge is 2.62. The first kappa shape index (κ1) is 19.8. The molecule has 2 bridgehead atoms. The zero-order chi connectivity index (χ0) is 21.6. The van der Waals surface area contributed by atoms with Crippen molar-refractivity contribution >= 4 is 12.1 Å². The Morgan fingerprint density at radius 2 is 1.97 bits per heavy atom. The summed E-state index contributed by atoms with van der Waals surface area (Å²) < 4.78 is 38.3. The molecule has 1 aliphatic heterocycles. The number of carbonyl (C=O) groups is 1. The van der Waals surface area contributed by atoms with E-state index in [1.54, 1.807) is 19.4 Å². The Bertz CT molecular complexity index is 1020. The number of hydrogen-bond acceptors (Lipinski definition) is 6. The fourth-order valence-corrected chi connectivity index (χ4v) is 5.17. The van der Waals surface area contributed by atoms with Gasteiger partial charge in [-0.3, -0.25) is 4.79 Å². The molecule has 1 amide bonds. The Morgan fingerprint density at radius 1 is 1.19 bits per heavy atom. The minimum absolute atomic E-state index is 0.0733. The standard InChI is InChI=1S/C22H22F2N4O3/c1-30-18-7-20(27-25-11-18)31-12-15-10-22(8-14(15)9-22)21(29)28-19(2-3-26-28)13-4-16(23)6-17(24)5-13/h3-7,11,14-15,19H,2,8-10,12H2,1H3. The van der Waals surface area contributed by atoms with E-state index in [-0.39, 0.29) is 11.8 Å². The zero-order valence-electron chi connectivity index (χ0n) is 17.0. The van der Waals surface area contributed by atoms with Crippen LogP contribution in [0.1, 0.15) is 37.3 Å². The van der Waals surface area contributed by atoms with Gasteiger partial charge in [0, 0.05) is 24.8 Å². The third kappa shape index (κ3) is 3.51. The number of methoxy groups -OCH3 is 1. The number of carbonyl (C=O) groups excluding carboxylic acids is 1. The van der Waals surface area contributed by atoms with E-state index in [9.17, 15) is 13.6 Å². The SMILES string of the molecule is COc1cnnc(OCC2CC3(C(=O)N4N=CCC4c4cc(F)cc(F)c4)CC2C3)c1. The van der Waals surface area contributed by atoms with Crippen LogP contribution in [0.25, 0.3) is 0 Å². The molecule has 0 saturated heterocycles. The van der Waals surface area contributed by atoms with Crippen LogP contribution in [-0.4, -0.2) is 41.0 Å². The average molecular weight is 428 g/mol. The van der Waals surface area contributed by atoms with E-state index in [0.29, 0.717) is 42.6 Å². The number of amides is 1. The van der Waals surface area contributed by atoms with Crippen molar-refractivity contribution in [3.63, 3.8) is 0 Å². The van der Waals surface area contributed by atoms with Crippen molar-refractivity contribution in [1.82, 2.24) is 15.2 Å². The molecule has 2 heterocycles. The molecule has 0 radical (unpaired) electrons. The number of hydrazone groups is 1. The van der Waals surface area contributed by atoms with Crippen molar-refractivity contribution in [2.75, 3.05) is 13.7 Å². The first-order valence-corrected chi connectivity index (χ1v) is 10.3. The summed E-state index contributed by atoms with van der Waals surface area (Å²) in [4.78, 5) is 13.4. The second kappa shape index (κ2) is 7.55. The van der Waals surface area contributed by atoms with Gasteiger partial charge in [-0.1, -0.05) is 0 Å². The lowest BCUT2D eigenvalue weighted by atomic mass is 9.68. The third-order valence-corrected chi connectivity index (χ3v) is 6.67. The van der Waals surface area contributed by atoms with Crippen LogP contribution >= 0.6 is 0 Å². The second-order valence-corrected chi connectivity index (χ2v) is 8.56. The van der Waals surface area contributed by atoms with E-state index < -0.39 is 23.1 Å². The summed E-state index contributed by atoms with van der Waals surface area (Å²) in [5, 5.41) is 13.5. The molecule has 9 heteroatoms. The monoisotopic (exact) mass is 428 g/mol. The molecular weight excluding hydrogens is 406 g/mol. The van der Waals surface area contributed by atoms with Crippen LogP contribution in [0.15, 0.2) is 35.6 Å². The maximum Gasteiger partial charge on any atom is 0.249 e. The number of hydrogen-bond donors (Lipinski definition) is 0. The summed E-state index contributed by atoms with van der Waals surface area (Å²) in [5.74, 6) is 0.202. The van der Waals surface area contributed by atoms with Crippen LogP contribution in [0.4, 0.5) is 8.78 Å². The van der Waals surface area contributed by atoms with Gasteiger partial charge in [0.2, 0.25) is 11.8 Å². The smallest absolute Gasteiger partial charge is 0.249 e. The summed E-state index contributed by atoms with van der Waals surface area (Å²) in [6.07, 6.45) is 5.83. The predicted octanol–water partition coefficient (Wildman–Crippen LogP) is 3.52. The molecule has 4 aliphatic rings. The van der Waals surface area contributed by atoms with Crippen molar-refractivity contribution < 1.29 is 23.0 Å². The van der Waals surface area contributed by atoms with Gasteiger partial charge in [-0.05, 0) is 48.8 Å². The fourth-order valence-electron chi connectivity index (χ4n) is 5.17. The zero-order valence-corrected chi connectivity index (χ0v) is 17.0. The van der Waals surface area contributed by atoms with Crippen LogP contribution in [0, 0.1) is 28.9 Å². The molecule has 3 saturated carbocycles. The van der Waals surface area contributed by atoms with Crippen molar-refractivity contribution in [3.05, 3.63) is 47.7 Å². The molecule has 2 atom stereocenters. The van der Waals surface area contributed by atoms with Crippen LogP contribution in [-0.2, 0) is 4.79 Å². The number of ether oxygens (including phenoxy) is 2. The second-order valence-electron chi connectivity index (χ2n) is 8.56. The van der Waals surface area contributed by atoms with Gasteiger partial charge in [-0.15, -0.1) is 5.10 Å². The van der Waals surface area contributed by atoms with E-state index in [1.807, 2.05) is 0 Å². The summed E-state index contributed by atoms with van der Waals surface area (Å²) in [6.45, 7) is 0.448. The minimum Gasteiger partial charge on any atom is -0.495 e. The summed E-state index contributed by atoms with van der Waals surface area (Å²) in [5.41, 5.74) is -0.0602. The number of rotatable bonds is 6. The number of benzene rings is 1. The van der Waals surface area contributed by atoms with Crippen LogP contribution in [0.3, 0.4) is 0 Å². The maximum absolute atomic E-state index is 13.7. The Balaban J connectivity index is 1.26. The Labute approximate surface area is 178 Å². The summed E-state index contributed by atoms with van der Waals surface area (Å²) >= 11 is 0. The van der Waals surface area contributed by atoms with Gasteiger partial charge < -0.3 is 9.47 Å². The maximum atomic E-state index is 13.7. The Morgan fingerprint density at radius 3 is 2.71 bits per heavy atom. The summed E-state index contributed by atoms with van der Waals surface area (Å²) in [7, 11) is 1.55.